The summed E-state index contributed by atoms with van der Waals surface area (Å²) in [6, 6.07) is 0.646. The van der Waals surface area contributed by atoms with Crippen LogP contribution in [0.15, 0.2) is 0 Å². The normalized spacial score (nSPS) is 21.7. The van der Waals surface area contributed by atoms with Gasteiger partial charge in [-0.3, -0.25) is 0 Å². The molecule has 0 aromatic rings. The zero-order valence-corrected chi connectivity index (χ0v) is 9.05. The summed E-state index contributed by atoms with van der Waals surface area (Å²) in [6.07, 6.45) is 8.38. The molecule has 1 fully saturated rings. The van der Waals surface area contributed by atoms with E-state index in [0.717, 1.165) is 6.54 Å². The summed E-state index contributed by atoms with van der Waals surface area (Å²) < 4.78 is 0. The van der Waals surface area contributed by atoms with Crippen LogP contribution in [-0.4, -0.2) is 18.8 Å². The van der Waals surface area contributed by atoms with Crippen molar-refractivity contribution in [2.75, 3.05) is 6.54 Å². The van der Waals surface area contributed by atoms with Gasteiger partial charge in [0.05, 0.1) is 6.17 Å². The van der Waals surface area contributed by atoms with Crippen molar-refractivity contribution < 1.29 is 0 Å². The van der Waals surface area contributed by atoms with Crippen LogP contribution in [0.25, 0.3) is 0 Å². The summed E-state index contributed by atoms with van der Waals surface area (Å²) in [6.45, 7) is 5.46. The Morgan fingerprint density at radius 2 is 2.00 bits per heavy atom. The average Bonchev–Trinajstić information content (AvgIpc) is 2.16. The first-order chi connectivity index (χ1) is 6.33. The van der Waals surface area contributed by atoms with E-state index >= 15 is 0 Å². The molecule has 0 aromatic carbocycles. The molecule has 1 radical (unpaired) electrons. The Morgan fingerprint density at radius 3 is 2.62 bits per heavy atom. The molecular formula is C11H23N2. The minimum Gasteiger partial charge on any atom is -0.301 e. The SMILES string of the molecule is CCCNC(C)[N]C1CCCCC1. The van der Waals surface area contributed by atoms with Crippen molar-refractivity contribution >= 4 is 0 Å². The summed E-state index contributed by atoms with van der Waals surface area (Å²) in [5.74, 6) is 0. The highest BCUT2D eigenvalue weighted by Gasteiger charge is 2.15. The Labute approximate surface area is 82.5 Å². The van der Waals surface area contributed by atoms with E-state index in [9.17, 15) is 0 Å². The number of nitrogens with zero attached hydrogens (tertiary/aromatic N) is 1. The molecule has 0 heterocycles. The smallest absolute Gasteiger partial charge is 0.0710 e. The molecule has 1 saturated carbocycles. The summed E-state index contributed by atoms with van der Waals surface area (Å²) >= 11 is 0. The second-order valence-corrected chi connectivity index (χ2v) is 4.07. The lowest BCUT2D eigenvalue weighted by molar-refractivity contribution is 0.312. The van der Waals surface area contributed by atoms with Crippen molar-refractivity contribution in [2.45, 2.75) is 64.6 Å². The monoisotopic (exact) mass is 183 g/mol. The second-order valence-electron chi connectivity index (χ2n) is 4.07. The van der Waals surface area contributed by atoms with Crippen LogP contribution in [-0.2, 0) is 0 Å². The first-order valence-corrected chi connectivity index (χ1v) is 5.76. The Balaban J connectivity index is 2.07. The minimum absolute atomic E-state index is 0.364. The maximum atomic E-state index is 4.76. The van der Waals surface area contributed by atoms with Crippen LogP contribution in [0.2, 0.25) is 0 Å². The fourth-order valence-electron chi connectivity index (χ4n) is 1.95. The van der Waals surface area contributed by atoms with Gasteiger partial charge in [0.2, 0.25) is 0 Å². The van der Waals surface area contributed by atoms with Gasteiger partial charge in [-0.15, -0.1) is 0 Å². The number of rotatable bonds is 5. The van der Waals surface area contributed by atoms with Gasteiger partial charge in [0.15, 0.2) is 0 Å². The molecule has 0 aromatic heterocycles. The highest BCUT2D eigenvalue weighted by Crippen LogP contribution is 2.18. The molecule has 0 spiro atoms. The molecule has 0 aliphatic heterocycles. The van der Waals surface area contributed by atoms with Gasteiger partial charge in [0, 0.05) is 6.04 Å². The van der Waals surface area contributed by atoms with Gasteiger partial charge in [0.25, 0.3) is 0 Å². The van der Waals surface area contributed by atoms with Crippen molar-refractivity contribution in [1.82, 2.24) is 10.6 Å². The molecule has 2 nitrogen and oxygen atoms in total. The average molecular weight is 183 g/mol. The summed E-state index contributed by atoms with van der Waals surface area (Å²) in [7, 11) is 0. The first-order valence-electron chi connectivity index (χ1n) is 5.76. The van der Waals surface area contributed by atoms with Crippen molar-refractivity contribution in [3.05, 3.63) is 0 Å². The standard InChI is InChI=1S/C11H23N2/c1-3-9-12-10(2)13-11-7-5-4-6-8-11/h10-12H,3-9H2,1-2H3. The molecule has 1 atom stereocenters. The fraction of sp³-hybridized carbons (Fsp3) is 1.00. The second kappa shape index (κ2) is 6.39. The van der Waals surface area contributed by atoms with Crippen LogP contribution in [0.1, 0.15) is 52.4 Å². The first kappa shape index (κ1) is 11.0. The molecule has 1 aliphatic carbocycles. The lowest BCUT2D eigenvalue weighted by atomic mass is 9.95. The van der Waals surface area contributed by atoms with Crippen LogP contribution in [0.5, 0.6) is 0 Å². The Morgan fingerprint density at radius 1 is 1.31 bits per heavy atom. The van der Waals surface area contributed by atoms with E-state index in [0.29, 0.717) is 12.2 Å². The van der Waals surface area contributed by atoms with Crippen molar-refractivity contribution in [2.24, 2.45) is 0 Å². The van der Waals surface area contributed by atoms with E-state index in [1.165, 1.54) is 38.5 Å². The third-order valence-electron chi connectivity index (χ3n) is 2.70. The van der Waals surface area contributed by atoms with Gasteiger partial charge in [-0.1, -0.05) is 26.2 Å². The maximum absolute atomic E-state index is 4.76. The highest BCUT2D eigenvalue weighted by molar-refractivity contribution is 4.73. The van der Waals surface area contributed by atoms with Crippen LogP contribution in [0, 0.1) is 0 Å². The van der Waals surface area contributed by atoms with Crippen LogP contribution in [0.4, 0.5) is 0 Å². The summed E-state index contributed by atoms with van der Waals surface area (Å²) in [5.41, 5.74) is 0. The predicted molar refractivity (Wildman–Crippen MR) is 56.8 cm³/mol. The number of nitrogens with one attached hydrogen (secondary N) is 1. The fourth-order valence-corrected chi connectivity index (χ4v) is 1.95. The van der Waals surface area contributed by atoms with E-state index in [2.05, 4.69) is 19.2 Å². The van der Waals surface area contributed by atoms with Crippen LogP contribution in [0.3, 0.4) is 0 Å². The molecule has 1 unspecified atom stereocenters. The van der Waals surface area contributed by atoms with Crippen molar-refractivity contribution in [1.29, 1.82) is 0 Å². The molecule has 77 valence electrons. The molecule has 1 N–H and O–H groups in total. The number of hydrogen-bond donors (Lipinski definition) is 1. The molecule has 0 amide bonds. The van der Waals surface area contributed by atoms with Gasteiger partial charge in [0.1, 0.15) is 0 Å². The van der Waals surface area contributed by atoms with Crippen LogP contribution >= 0.6 is 0 Å². The molecule has 2 heteroatoms. The molecular weight excluding hydrogens is 160 g/mol. The van der Waals surface area contributed by atoms with E-state index in [1.807, 2.05) is 0 Å². The Kier molecular flexibility index (Phi) is 5.40. The summed E-state index contributed by atoms with van der Waals surface area (Å²) in [4.78, 5) is 0. The lowest BCUT2D eigenvalue weighted by Gasteiger charge is -2.25. The summed E-state index contributed by atoms with van der Waals surface area (Å²) in [5, 5.41) is 8.18. The minimum atomic E-state index is 0.364. The van der Waals surface area contributed by atoms with Gasteiger partial charge in [-0.25, -0.2) is 5.32 Å². The van der Waals surface area contributed by atoms with E-state index in [-0.39, 0.29) is 0 Å². The zero-order valence-electron chi connectivity index (χ0n) is 9.05. The third-order valence-corrected chi connectivity index (χ3v) is 2.70. The maximum Gasteiger partial charge on any atom is 0.0710 e. The van der Waals surface area contributed by atoms with Gasteiger partial charge in [-0.05, 0) is 32.7 Å². The quantitative estimate of drug-likeness (QED) is 0.695. The topological polar surface area (TPSA) is 26.1 Å². The molecule has 0 saturated heterocycles. The lowest BCUT2D eigenvalue weighted by Crippen LogP contribution is -2.41. The predicted octanol–water partition coefficient (Wildman–Crippen LogP) is 2.27. The van der Waals surface area contributed by atoms with E-state index in [1.54, 1.807) is 0 Å². The van der Waals surface area contributed by atoms with Crippen molar-refractivity contribution in [3.63, 3.8) is 0 Å². The van der Waals surface area contributed by atoms with Gasteiger partial charge < -0.3 is 5.32 Å². The van der Waals surface area contributed by atoms with E-state index in [4.69, 9.17) is 5.32 Å². The molecule has 0 bridgehead atoms. The third kappa shape index (κ3) is 4.63. The number of hydrogen-bond acceptors (Lipinski definition) is 1. The molecule has 1 aliphatic rings. The van der Waals surface area contributed by atoms with Crippen molar-refractivity contribution in [3.8, 4) is 0 Å². The Hall–Kier alpha value is -0.0800. The zero-order chi connectivity index (χ0) is 9.52. The molecule has 13 heavy (non-hydrogen) atoms. The Bertz CT molecular complexity index is 119. The van der Waals surface area contributed by atoms with Gasteiger partial charge >= 0.3 is 0 Å². The molecule has 1 rings (SSSR count). The highest BCUT2D eigenvalue weighted by atomic mass is 15.1. The van der Waals surface area contributed by atoms with E-state index < -0.39 is 0 Å². The largest absolute Gasteiger partial charge is 0.301 e. The van der Waals surface area contributed by atoms with Crippen LogP contribution < -0.4 is 10.6 Å². The van der Waals surface area contributed by atoms with Gasteiger partial charge in [-0.2, -0.15) is 0 Å².